The first kappa shape index (κ1) is 14.2. The summed E-state index contributed by atoms with van der Waals surface area (Å²) in [5.74, 6) is 0. The first-order valence-corrected chi connectivity index (χ1v) is 6.54. The number of nitrogens with two attached hydrogens (primary N) is 1. The molecule has 0 heterocycles. The zero-order valence-electron chi connectivity index (χ0n) is 11.2. The van der Waals surface area contributed by atoms with E-state index in [1.54, 1.807) is 0 Å². The van der Waals surface area contributed by atoms with Crippen LogP contribution >= 0.6 is 0 Å². The van der Waals surface area contributed by atoms with Crippen molar-refractivity contribution in [3.8, 4) is 0 Å². The highest BCUT2D eigenvalue weighted by atomic mass is 16.3. The smallest absolute Gasteiger partial charge is 0.0694 e. The maximum atomic E-state index is 9.91. The van der Waals surface area contributed by atoms with Crippen molar-refractivity contribution in [2.24, 2.45) is 5.73 Å². The van der Waals surface area contributed by atoms with E-state index < -0.39 is 0 Å². The van der Waals surface area contributed by atoms with Crippen molar-refractivity contribution in [3.63, 3.8) is 0 Å². The van der Waals surface area contributed by atoms with Crippen LogP contribution in [-0.4, -0.2) is 17.3 Å². The summed E-state index contributed by atoms with van der Waals surface area (Å²) in [5.41, 5.74) is 9.82. The molecule has 0 aliphatic carbocycles. The Morgan fingerprint density at radius 3 is 2.47 bits per heavy atom. The summed E-state index contributed by atoms with van der Waals surface area (Å²) in [7, 11) is 0. The van der Waals surface area contributed by atoms with Crippen LogP contribution in [0, 0.1) is 13.8 Å². The summed E-state index contributed by atoms with van der Waals surface area (Å²) in [6.07, 6.45) is 3.20. The first-order valence-electron chi connectivity index (χ1n) is 6.54. The van der Waals surface area contributed by atoms with Gasteiger partial charge in [-0.15, -0.1) is 0 Å². The van der Waals surface area contributed by atoms with Crippen molar-refractivity contribution in [2.75, 3.05) is 0 Å². The van der Waals surface area contributed by atoms with Crippen LogP contribution in [0.1, 0.15) is 42.9 Å². The second-order valence-electron chi connectivity index (χ2n) is 4.98. The number of benzene rings is 1. The van der Waals surface area contributed by atoms with E-state index >= 15 is 0 Å². The van der Waals surface area contributed by atoms with Crippen LogP contribution in [0.15, 0.2) is 18.2 Å². The minimum atomic E-state index is -0.378. The van der Waals surface area contributed by atoms with Gasteiger partial charge in [-0.2, -0.15) is 0 Å². The molecule has 2 atom stereocenters. The fourth-order valence-corrected chi connectivity index (χ4v) is 2.01. The Balaban J connectivity index is 2.47. The molecule has 0 saturated carbocycles. The molecule has 96 valence electrons. The highest BCUT2D eigenvalue weighted by molar-refractivity contribution is 5.29. The van der Waals surface area contributed by atoms with Gasteiger partial charge in [0.1, 0.15) is 0 Å². The molecule has 0 fully saturated rings. The molecule has 2 nitrogen and oxygen atoms in total. The van der Waals surface area contributed by atoms with Crippen LogP contribution in [-0.2, 0) is 6.42 Å². The van der Waals surface area contributed by atoms with Gasteiger partial charge in [-0.25, -0.2) is 0 Å². The van der Waals surface area contributed by atoms with E-state index in [1.807, 2.05) is 0 Å². The van der Waals surface area contributed by atoms with Gasteiger partial charge in [0.05, 0.1) is 6.10 Å². The lowest BCUT2D eigenvalue weighted by Gasteiger charge is -2.18. The van der Waals surface area contributed by atoms with Crippen molar-refractivity contribution in [3.05, 3.63) is 34.9 Å². The number of aryl methyl sites for hydroxylation is 3. The molecule has 0 spiro atoms. The number of hydrogen-bond acceptors (Lipinski definition) is 2. The Morgan fingerprint density at radius 1 is 1.18 bits per heavy atom. The Labute approximate surface area is 105 Å². The summed E-state index contributed by atoms with van der Waals surface area (Å²) < 4.78 is 0. The summed E-state index contributed by atoms with van der Waals surface area (Å²) >= 11 is 0. The molecule has 1 rings (SSSR count). The van der Waals surface area contributed by atoms with Crippen molar-refractivity contribution < 1.29 is 5.11 Å². The fraction of sp³-hybridized carbons (Fsp3) is 0.600. The van der Waals surface area contributed by atoms with Crippen molar-refractivity contribution in [1.82, 2.24) is 0 Å². The van der Waals surface area contributed by atoms with E-state index in [2.05, 4.69) is 39.0 Å². The van der Waals surface area contributed by atoms with Crippen molar-refractivity contribution >= 4 is 0 Å². The number of aliphatic hydroxyl groups is 1. The summed E-state index contributed by atoms with van der Waals surface area (Å²) in [5, 5.41) is 9.91. The van der Waals surface area contributed by atoms with Crippen molar-refractivity contribution in [2.45, 2.75) is 58.6 Å². The molecule has 0 aliphatic heterocycles. The molecule has 0 aromatic heterocycles. The SMILES string of the molecule is CCCC(N)C(O)CCc1ccc(C)c(C)c1. The third-order valence-corrected chi connectivity index (χ3v) is 3.42. The van der Waals surface area contributed by atoms with Gasteiger partial charge in [0.15, 0.2) is 0 Å². The van der Waals surface area contributed by atoms with Crippen LogP contribution in [0.4, 0.5) is 0 Å². The van der Waals surface area contributed by atoms with Crippen LogP contribution in [0.25, 0.3) is 0 Å². The summed E-state index contributed by atoms with van der Waals surface area (Å²) in [6, 6.07) is 6.41. The standard InChI is InChI=1S/C15H25NO/c1-4-5-14(16)15(17)9-8-13-7-6-11(2)12(3)10-13/h6-7,10,14-15,17H,4-5,8-9,16H2,1-3H3. The van der Waals surface area contributed by atoms with Crippen LogP contribution in [0.3, 0.4) is 0 Å². The third kappa shape index (κ3) is 4.49. The number of aliphatic hydroxyl groups excluding tert-OH is 1. The van der Waals surface area contributed by atoms with E-state index in [0.29, 0.717) is 0 Å². The highest BCUT2D eigenvalue weighted by Crippen LogP contribution is 2.13. The predicted octanol–water partition coefficient (Wildman–Crippen LogP) is 2.72. The molecule has 0 aliphatic rings. The monoisotopic (exact) mass is 235 g/mol. The Morgan fingerprint density at radius 2 is 1.88 bits per heavy atom. The summed E-state index contributed by atoms with van der Waals surface area (Å²) in [6.45, 7) is 6.33. The largest absolute Gasteiger partial charge is 0.392 e. The molecule has 0 bridgehead atoms. The van der Waals surface area contributed by atoms with Gasteiger partial charge in [-0.1, -0.05) is 31.5 Å². The van der Waals surface area contributed by atoms with Crippen LogP contribution in [0.5, 0.6) is 0 Å². The Bertz CT molecular complexity index is 349. The van der Waals surface area contributed by atoms with Gasteiger partial charge < -0.3 is 10.8 Å². The Kier molecular flexibility index (Phi) is 5.66. The minimum Gasteiger partial charge on any atom is -0.392 e. The lowest BCUT2D eigenvalue weighted by molar-refractivity contribution is 0.131. The van der Waals surface area contributed by atoms with E-state index in [4.69, 9.17) is 5.73 Å². The van der Waals surface area contributed by atoms with Gasteiger partial charge in [-0.3, -0.25) is 0 Å². The average molecular weight is 235 g/mol. The molecule has 2 unspecified atom stereocenters. The molecular weight excluding hydrogens is 210 g/mol. The topological polar surface area (TPSA) is 46.2 Å². The Hall–Kier alpha value is -0.860. The molecule has 1 aromatic rings. The lowest BCUT2D eigenvalue weighted by Crippen LogP contribution is -2.34. The van der Waals surface area contributed by atoms with Crippen molar-refractivity contribution in [1.29, 1.82) is 0 Å². The number of rotatable bonds is 6. The lowest BCUT2D eigenvalue weighted by atomic mass is 9.98. The molecule has 0 saturated heterocycles. The molecule has 0 amide bonds. The van der Waals surface area contributed by atoms with E-state index in [0.717, 1.165) is 25.7 Å². The van der Waals surface area contributed by atoms with E-state index in [-0.39, 0.29) is 12.1 Å². The third-order valence-electron chi connectivity index (χ3n) is 3.42. The predicted molar refractivity (Wildman–Crippen MR) is 73.1 cm³/mol. The van der Waals surface area contributed by atoms with Gasteiger partial charge in [0, 0.05) is 6.04 Å². The van der Waals surface area contributed by atoms with Crippen LogP contribution < -0.4 is 5.73 Å². The van der Waals surface area contributed by atoms with Gasteiger partial charge in [0.25, 0.3) is 0 Å². The molecule has 2 heteroatoms. The van der Waals surface area contributed by atoms with Gasteiger partial charge in [-0.05, 0) is 49.8 Å². The van der Waals surface area contributed by atoms with E-state index in [1.165, 1.54) is 16.7 Å². The molecule has 0 radical (unpaired) electrons. The molecule has 3 N–H and O–H groups in total. The quantitative estimate of drug-likeness (QED) is 0.796. The zero-order chi connectivity index (χ0) is 12.8. The maximum Gasteiger partial charge on any atom is 0.0694 e. The highest BCUT2D eigenvalue weighted by Gasteiger charge is 2.13. The van der Waals surface area contributed by atoms with Gasteiger partial charge >= 0.3 is 0 Å². The molecule has 17 heavy (non-hydrogen) atoms. The number of hydrogen-bond donors (Lipinski definition) is 2. The fourth-order valence-electron chi connectivity index (χ4n) is 2.01. The normalized spacial score (nSPS) is 14.6. The summed E-state index contributed by atoms with van der Waals surface area (Å²) in [4.78, 5) is 0. The molecule has 1 aromatic carbocycles. The second kappa shape index (κ2) is 6.77. The van der Waals surface area contributed by atoms with Crippen LogP contribution in [0.2, 0.25) is 0 Å². The maximum absolute atomic E-state index is 9.91. The average Bonchev–Trinajstić information content (AvgIpc) is 2.30. The second-order valence-corrected chi connectivity index (χ2v) is 4.98. The molecular formula is C15H25NO. The minimum absolute atomic E-state index is 0.0773. The van der Waals surface area contributed by atoms with E-state index in [9.17, 15) is 5.11 Å². The van der Waals surface area contributed by atoms with Gasteiger partial charge in [0.2, 0.25) is 0 Å². The first-order chi connectivity index (χ1) is 8.04. The zero-order valence-corrected chi connectivity index (χ0v) is 11.2.